The smallest absolute Gasteiger partial charge is 0.223 e. The van der Waals surface area contributed by atoms with Crippen LogP contribution in [0.25, 0.3) is 17.2 Å². The highest BCUT2D eigenvalue weighted by molar-refractivity contribution is 5.48. The Kier molecular flexibility index (Phi) is 2.94. The maximum absolute atomic E-state index is 8.99. The Bertz CT molecular complexity index is 785. The molecule has 3 aromatic rings. The van der Waals surface area contributed by atoms with Crippen molar-refractivity contribution in [2.45, 2.75) is 6.92 Å². The van der Waals surface area contributed by atoms with Crippen LogP contribution in [0.1, 0.15) is 11.1 Å². The third kappa shape index (κ3) is 2.24. The fourth-order valence-corrected chi connectivity index (χ4v) is 1.86. The van der Waals surface area contributed by atoms with Crippen LogP contribution in [-0.4, -0.2) is 25.2 Å². The van der Waals surface area contributed by atoms with Crippen LogP contribution in [0.5, 0.6) is 0 Å². The van der Waals surface area contributed by atoms with Crippen molar-refractivity contribution in [2.24, 2.45) is 0 Å². The zero-order chi connectivity index (χ0) is 13.9. The third-order valence-corrected chi connectivity index (χ3v) is 2.73. The van der Waals surface area contributed by atoms with E-state index in [0.29, 0.717) is 22.8 Å². The maximum Gasteiger partial charge on any atom is 0.223 e. The summed E-state index contributed by atoms with van der Waals surface area (Å²) in [6, 6.07) is 13.0. The molecular weight excluding hydrogens is 251 g/mol. The van der Waals surface area contributed by atoms with E-state index in [-0.39, 0.29) is 0 Å². The second kappa shape index (κ2) is 4.90. The summed E-state index contributed by atoms with van der Waals surface area (Å²) in [5, 5.41) is 21.3. The van der Waals surface area contributed by atoms with E-state index in [1.165, 1.54) is 4.80 Å². The van der Waals surface area contributed by atoms with E-state index < -0.39 is 0 Å². The number of hydrogen-bond donors (Lipinski definition) is 0. The molecule has 6 heteroatoms. The van der Waals surface area contributed by atoms with Gasteiger partial charge in [0.15, 0.2) is 0 Å². The van der Waals surface area contributed by atoms with Crippen LogP contribution in [-0.2, 0) is 0 Å². The molecule has 0 spiro atoms. The Morgan fingerprint density at radius 2 is 2.10 bits per heavy atom. The molecule has 6 nitrogen and oxygen atoms in total. The van der Waals surface area contributed by atoms with Crippen LogP contribution in [0.4, 0.5) is 0 Å². The predicted octanol–water partition coefficient (Wildman–Crippen LogP) is 1.90. The Labute approximate surface area is 115 Å². The second-order valence-electron chi connectivity index (χ2n) is 4.29. The van der Waals surface area contributed by atoms with Crippen molar-refractivity contribution >= 4 is 0 Å². The van der Waals surface area contributed by atoms with Gasteiger partial charge in [-0.25, -0.2) is 0 Å². The number of aromatic nitrogens is 5. The zero-order valence-corrected chi connectivity index (χ0v) is 10.7. The van der Waals surface area contributed by atoms with Gasteiger partial charge in [0, 0.05) is 6.20 Å². The van der Waals surface area contributed by atoms with E-state index in [0.717, 1.165) is 5.56 Å². The summed E-state index contributed by atoms with van der Waals surface area (Å²) in [6.07, 6.45) is 1.68. The van der Waals surface area contributed by atoms with E-state index >= 15 is 0 Å². The lowest BCUT2D eigenvalue weighted by Crippen LogP contribution is -2.00. The molecule has 0 bridgehead atoms. The van der Waals surface area contributed by atoms with Gasteiger partial charge in [-0.2, -0.15) is 5.26 Å². The minimum atomic E-state index is 0.450. The highest BCUT2D eigenvalue weighted by Crippen LogP contribution is 2.14. The number of tetrazole rings is 1. The molecule has 96 valence electrons. The first kappa shape index (κ1) is 12.0. The summed E-state index contributed by atoms with van der Waals surface area (Å²) in [5.74, 6) is 0.450. The lowest BCUT2D eigenvalue weighted by molar-refractivity contribution is 0.719. The molecule has 2 heterocycles. The lowest BCUT2D eigenvalue weighted by atomic mass is 10.0. The molecule has 0 unspecified atom stereocenters. The first-order chi connectivity index (χ1) is 9.76. The normalized spacial score (nSPS) is 10.2. The number of nitrogens with zero attached hydrogens (tertiary/aromatic N) is 6. The van der Waals surface area contributed by atoms with Gasteiger partial charge >= 0.3 is 0 Å². The van der Waals surface area contributed by atoms with Gasteiger partial charge in [-0.3, -0.25) is 4.98 Å². The average molecular weight is 261 g/mol. The standard InChI is InChI=1S/C14H10N6/c1-10-6-11(9-15)8-12(7-10)20-18-14(17-19-20)13-4-2-3-5-16-13/h2-8H,1H3/i1-1. The van der Waals surface area contributed by atoms with Crippen molar-refractivity contribution < 1.29 is 0 Å². The minimum absolute atomic E-state index is 0.450. The lowest BCUT2D eigenvalue weighted by Gasteiger charge is -2.00. The molecule has 2 aromatic heterocycles. The number of pyridine rings is 1. The van der Waals surface area contributed by atoms with E-state index in [1.807, 2.05) is 31.2 Å². The molecule has 0 amide bonds. The van der Waals surface area contributed by atoms with Gasteiger partial charge in [-0.15, -0.1) is 15.0 Å². The van der Waals surface area contributed by atoms with Gasteiger partial charge in [0.05, 0.1) is 17.3 Å². The molecule has 0 saturated heterocycles. The molecular formula is C14H10N6. The highest BCUT2D eigenvalue weighted by atomic mass is 15.6. The molecule has 20 heavy (non-hydrogen) atoms. The molecule has 0 aliphatic rings. The molecule has 0 atom stereocenters. The Morgan fingerprint density at radius 1 is 1.20 bits per heavy atom. The first-order valence-electron chi connectivity index (χ1n) is 6.00. The molecule has 0 radical (unpaired) electrons. The largest absolute Gasteiger partial charge is 0.253 e. The number of benzene rings is 1. The van der Waals surface area contributed by atoms with Gasteiger partial charge in [0.25, 0.3) is 0 Å². The summed E-state index contributed by atoms with van der Waals surface area (Å²) in [5.41, 5.74) is 2.90. The van der Waals surface area contributed by atoms with E-state index in [2.05, 4.69) is 26.5 Å². The van der Waals surface area contributed by atoms with Gasteiger partial charge in [-0.1, -0.05) is 6.07 Å². The SMILES string of the molecule is [11CH3]c1cc(C#N)cc(-n2nnc(-c3ccccn3)n2)c1. The molecule has 1 aromatic carbocycles. The number of nitriles is 1. The van der Waals surface area contributed by atoms with Crippen molar-refractivity contribution in [3.8, 4) is 23.3 Å². The third-order valence-electron chi connectivity index (χ3n) is 2.73. The summed E-state index contributed by atoms with van der Waals surface area (Å²) in [6.45, 7) is 1.92. The molecule has 0 fully saturated rings. The van der Waals surface area contributed by atoms with Crippen molar-refractivity contribution in [3.63, 3.8) is 0 Å². The number of aryl methyl sites for hydroxylation is 1. The second-order valence-corrected chi connectivity index (χ2v) is 4.29. The van der Waals surface area contributed by atoms with Crippen LogP contribution in [0.15, 0.2) is 42.6 Å². The summed E-state index contributed by atoms with van der Waals surface area (Å²) in [7, 11) is 0. The van der Waals surface area contributed by atoms with Gasteiger partial charge < -0.3 is 0 Å². The molecule has 3 rings (SSSR count). The van der Waals surface area contributed by atoms with Crippen LogP contribution in [0.2, 0.25) is 0 Å². The zero-order valence-electron chi connectivity index (χ0n) is 10.7. The van der Waals surface area contributed by atoms with Gasteiger partial charge in [0.1, 0.15) is 5.69 Å². The Morgan fingerprint density at radius 3 is 2.85 bits per heavy atom. The molecule has 0 saturated carbocycles. The highest BCUT2D eigenvalue weighted by Gasteiger charge is 2.09. The number of hydrogen-bond acceptors (Lipinski definition) is 5. The van der Waals surface area contributed by atoms with Crippen LogP contribution >= 0.6 is 0 Å². The fourth-order valence-electron chi connectivity index (χ4n) is 1.86. The van der Waals surface area contributed by atoms with E-state index in [4.69, 9.17) is 5.26 Å². The minimum Gasteiger partial charge on any atom is -0.253 e. The van der Waals surface area contributed by atoms with Gasteiger partial charge in [-0.05, 0) is 48.0 Å². The quantitative estimate of drug-likeness (QED) is 0.703. The van der Waals surface area contributed by atoms with Crippen LogP contribution in [0, 0.1) is 18.3 Å². The van der Waals surface area contributed by atoms with E-state index in [9.17, 15) is 0 Å². The van der Waals surface area contributed by atoms with Crippen molar-refractivity contribution in [1.82, 2.24) is 25.2 Å². The topological polar surface area (TPSA) is 80.3 Å². The Hall–Kier alpha value is -3.07. The van der Waals surface area contributed by atoms with E-state index in [1.54, 1.807) is 18.3 Å². The summed E-state index contributed by atoms with van der Waals surface area (Å²) in [4.78, 5) is 5.58. The maximum atomic E-state index is 8.99. The van der Waals surface area contributed by atoms with Crippen molar-refractivity contribution in [3.05, 3.63) is 53.7 Å². The van der Waals surface area contributed by atoms with Crippen LogP contribution in [0.3, 0.4) is 0 Å². The Balaban J connectivity index is 2.03. The monoisotopic (exact) mass is 261 g/mol. The van der Waals surface area contributed by atoms with Gasteiger partial charge in [0.2, 0.25) is 5.82 Å². The van der Waals surface area contributed by atoms with Crippen molar-refractivity contribution in [1.29, 1.82) is 5.26 Å². The fraction of sp³-hybridized carbons (Fsp3) is 0.0714. The summed E-state index contributed by atoms with van der Waals surface area (Å²) < 4.78 is 0. The predicted molar refractivity (Wildman–Crippen MR) is 71.8 cm³/mol. The van der Waals surface area contributed by atoms with Crippen molar-refractivity contribution in [2.75, 3.05) is 0 Å². The molecule has 0 N–H and O–H groups in total. The first-order valence-corrected chi connectivity index (χ1v) is 6.00. The van der Waals surface area contributed by atoms with Crippen LogP contribution < -0.4 is 0 Å². The number of rotatable bonds is 2. The average Bonchev–Trinajstić information content (AvgIpc) is 2.97. The molecule has 0 aliphatic heterocycles. The molecule has 0 aliphatic carbocycles. The summed E-state index contributed by atoms with van der Waals surface area (Å²) >= 11 is 0.